The Labute approximate surface area is 86.4 Å². The molecule has 1 rings (SSSR count). The van der Waals surface area contributed by atoms with Crippen LogP contribution in [0.3, 0.4) is 0 Å². The molecule has 1 aromatic carbocycles. The van der Waals surface area contributed by atoms with E-state index in [9.17, 15) is 0 Å². The molecule has 0 atom stereocenters. The quantitative estimate of drug-likeness (QED) is 0.709. The predicted octanol–water partition coefficient (Wildman–Crippen LogP) is 3.47. The monoisotopic (exact) mass is 186 g/mol. The van der Waals surface area contributed by atoms with Crippen LogP contribution in [0, 0.1) is 17.2 Å². The van der Waals surface area contributed by atoms with Crippen molar-refractivity contribution in [1.29, 1.82) is 5.26 Å². The number of nitrogens with zero attached hydrogens (tertiary/aromatic N) is 1. The molecule has 0 fully saturated rings. The van der Waals surface area contributed by atoms with Gasteiger partial charge in [-0.05, 0) is 35.6 Å². The van der Waals surface area contributed by atoms with Crippen LogP contribution < -0.4 is 0 Å². The van der Waals surface area contributed by atoms with E-state index < -0.39 is 0 Å². The summed E-state index contributed by atoms with van der Waals surface area (Å²) in [6.45, 7) is 6.36. The fraction of sp³-hybridized carbons (Fsp3) is 0.385. The lowest BCUT2D eigenvalue weighted by molar-refractivity contribution is 0.904. The molecule has 0 spiro atoms. The van der Waals surface area contributed by atoms with Crippen molar-refractivity contribution in [2.75, 3.05) is 0 Å². The Morgan fingerprint density at radius 1 is 1.36 bits per heavy atom. The molecule has 0 saturated heterocycles. The van der Waals surface area contributed by atoms with Gasteiger partial charge in [-0.15, -0.1) is 0 Å². The van der Waals surface area contributed by atoms with Crippen LogP contribution >= 0.6 is 0 Å². The van der Waals surface area contributed by atoms with Gasteiger partial charge in [-0.1, -0.05) is 33.3 Å². The molecule has 14 heavy (non-hydrogen) atoms. The van der Waals surface area contributed by atoms with Gasteiger partial charge in [0.1, 0.15) is 0 Å². The summed E-state index contributed by atoms with van der Waals surface area (Å²) in [6, 6.07) is 8.14. The third-order valence-electron chi connectivity index (χ3n) is 2.30. The SMILES string of the molecule is CCCc1ccc(C#N)cc1[C](C)C. The van der Waals surface area contributed by atoms with Crippen molar-refractivity contribution in [2.45, 2.75) is 33.6 Å². The van der Waals surface area contributed by atoms with Crippen LogP contribution in [0.15, 0.2) is 18.2 Å². The summed E-state index contributed by atoms with van der Waals surface area (Å²) >= 11 is 0. The van der Waals surface area contributed by atoms with Gasteiger partial charge in [0.05, 0.1) is 11.6 Å². The van der Waals surface area contributed by atoms with E-state index in [4.69, 9.17) is 5.26 Å². The molecule has 0 N–H and O–H groups in total. The summed E-state index contributed by atoms with van der Waals surface area (Å²) in [5.74, 6) is 1.28. The van der Waals surface area contributed by atoms with Gasteiger partial charge in [0.15, 0.2) is 0 Å². The Bertz CT molecular complexity index is 345. The van der Waals surface area contributed by atoms with Crippen molar-refractivity contribution < 1.29 is 0 Å². The fourth-order valence-electron chi connectivity index (χ4n) is 1.60. The maximum absolute atomic E-state index is 8.81. The molecule has 0 heterocycles. The second-order valence-corrected chi connectivity index (χ2v) is 3.73. The first-order valence-corrected chi connectivity index (χ1v) is 5.02. The molecule has 0 aliphatic rings. The number of hydrogen-bond donors (Lipinski definition) is 0. The van der Waals surface area contributed by atoms with Gasteiger partial charge in [0.25, 0.3) is 0 Å². The van der Waals surface area contributed by atoms with E-state index in [0.29, 0.717) is 0 Å². The summed E-state index contributed by atoms with van der Waals surface area (Å²) in [6.07, 6.45) is 2.23. The maximum atomic E-state index is 8.81. The van der Waals surface area contributed by atoms with E-state index in [1.165, 1.54) is 17.0 Å². The van der Waals surface area contributed by atoms with Gasteiger partial charge in [-0.2, -0.15) is 5.26 Å². The lowest BCUT2D eigenvalue weighted by Gasteiger charge is -2.11. The molecular weight excluding hydrogens is 170 g/mol. The van der Waals surface area contributed by atoms with E-state index in [-0.39, 0.29) is 0 Å². The molecule has 1 heteroatoms. The Morgan fingerprint density at radius 3 is 2.57 bits per heavy atom. The number of aryl methyl sites for hydroxylation is 1. The third-order valence-corrected chi connectivity index (χ3v) is 2.30. The topological polar surface area (TPSA) is 23.8 Å². The number of rotatable bonds is 3. The smallest absolute Gasteiger partial charge is 0.0991 e. The molecule has 1 nitrogen and oxygen atoms in total. The zero-order chi connectivity index (χ0) is 10.6. The summed E-state index contributed by atoms with van der Waals surface area (Å²) < 4.78 is 0. The second kappa shape index (κ2) is 4.81. The van der Waals surface area contributed by atoms with Crippen molar-refractivity contribution in [3.05, 3.63) is 40.8 Å². The minimum atomic E-state index is 0.751. The van der Waals surface area contributed by atoms with Crippen LogP contribution in [-0.2, 0) is 6.42 Å². The summed E-state index contributed by atoms with van der Waals surface area (Å²) in [4.78, 5) is 0. The van der Waals surface area contributed by atoms with Crippen molar-refractivity contribution in [3.8, 4) is 6.07 Å². The van der Waals surface area contributed by atoms with Gasteiger partial charge in [-0.25, -0.2) is 0 Å². The highest BCUT2D eigenvalue weighted by molar-refractivity contribution is 5.44. The zero-order valence-corrected chi connectivity index (χ0v) is 9.09. The lowest BCUT2D eigenvalue weighted by Crippen LogP contribution is -1.97. The van der Waals surface area contributed by atoms with Crippen LogP contribution in [0.4, 0.5) is 0 Å². The van der Waals surface area contributed by atoms with Gasteiger partial charge in [0, 0.05) is 0 Å². The molecule has 0 bridgehead atoms. The highest BCUT2D eigenvalue weighted by Crippen LogP contribution is 2.21. The van der Waals surface area contributed by atoms with Crippen LogP contribution in [0.1, 0.15) is 43.9 Å². The largest absolute Gasteiger partial charge is 0.192 e. The number of benzene rings is 1. The van der Waals surface area contributed by atoms with Crippen LogP contribution in [-0.4, -0.2) is 0 Å². The second-order valence-electron chi connectivity index (χ2n) is 3.73. The minimum absolute atomic E-state index is 0.751. The first-order chi connectivity index (χ1) is 6.69. The van der Waals surface area contributed by atoms with E-state index >= 15 is 0 Å². The van der Waals surface area contributed by atoms with Gasteiger partial charge >= 0.3 is 0 Å². The summed E-state index contributed by atoms with van der Waals surface area (Å²) in [5.41, 5.74) is 3.35. The van der Waals surface area contributed by atoms with E-state index in [2.05, 4.69) is 32.9 Å². The summed E-state index contributed by atoms with van der Waals surface area (Å²) in [5, 5.41) is 8.81. The van der Waals surface area contributed by atoms with E-state index in [0.717, 1.165) is 18.4 Å². The van der Waals surface area contributed by atoms with Crippen LogP contribution in [0.25, 0.3) is 0 Å². The first-order valence-electron chi connectivity index (χ1n) is 5.02. The molecular formula is C13H16N. The van der Waals surface area contributed by atoms with Crippen molar-refractivity contribution in [1.82, 2.24) is 0 Å². The highest BCUT2D eigenvalue weighted by atomic mass is 14.2. The number of hydrogen-bond acceptors (Lipinski definition) is 1. The van der Waals surface area contributed by atoms with Gasteiger partial charge in [-0.3, -0.25) is 0 Å². The first kappa shape index (κ1) is 10.8. The zero-order valence-electron chi connectivity index (χ0n) is 9.09. The molecule has 0 aliphatic carbocycles. The standard InChI is InChI=1S/C13H16N/c1-4-5-12-7-6-11(9-14)8-13(12)10(2)3/h6-8H,4-5H2,1-3H3. The fourth-order valence-corrected chi connectivity index (χ4v) is 1.60. The Morgan fingerprint density at radius 2 is 2.07 bits per heavy atom. The molecule has 73 valence electrons. The third kappa shape index (κ3) is 2.35. The Hall–Kier alpha value is -1.29. The summed E-state index contributed by atoms with van der Waals surface area (Å²) in [7, 11) is 0. The average molecular weight is 186 g/mol. The minimum Gasteiger partial charge on any atom is -0.192 e. The Balaban J connectivity index is 3.12. The Kier molecular flexibility index (Phi) is 3.71. The normalized spacial score (nSPS) is 10.2. The van der Waals surface area contributed by atoms with E-state index in [1.807, 2.05) is 12.1 Å². The molecule has 0 aliphatic heterocycles. The average Bonchev–Trinajstić information content (AvgIpc) is 2.18. The van der Waals surface area contributed by atoms with Crippen LogP contribution in [0.2, 0.25) is 0 Å². The van der Waals surface area contributed by atoms with Crippen molar-refractivity contribution >= 4 is 0 Å². The van der Waals surface area contributed by atoms with Crippen LogP contribution in [0.5, 0.6) is 0 Å². The molecule has 0 saturated carbocycles. The molecule has 0 amide bonds. The maximum Gasteiger partial charge on any atom is 0.0991 e. The molecule has 1 aromatic rings. The lowest BCUT2D eigenvalue weighted by atomic mass is 9.93. The number of nitriles is 1. The molecule has 1 radical (unpaired) electrons. The van der Waals surface area contributed by atoms with Gasteiger partial charge < -0.3 is 0 Å². The predicted molar refractivity (Wildman–Crippen MR) is 58.8 cm³/mol. The van der Waals surface area contributed by atoms with Gasteiger partial charge in [0.2, 0.25) is 0 Å². The van der Waals surface area contributed by atoms with Crippen molar-refractivity contribution in [2.24, 2.45) is 0 Å². The van der Waals surface area contributed by atoms with E-state index in [1.54, 1.807) is 0 Å². The highest BCUT2D eigenvalue weighted by Gasteiger charge is 2.07. The van der Waals surface area contributed by atoms with Crippen molar-refractivity contribution in [3.63, 3.8) is 0 Å². The molecule has 0 unspecified atom stereocenters. The molecule has 0 aromatic heterocycles.